The highest BCUT2D eigenvalue weighted by molar-refractivity contribution is 5.85. The molecule has 1 aromatic heterocycles. The number of nitrogens with one attached hydrogen (secondary N) is 2. The van der Waals surface area contributed by atoms with Crippen molar-refractivity contribution in [2.24, 2.45) is 5.73 Å². The standard InChI is InChI=1S/C20H20FN3O4/c21-13-5-6-17-14(9-13)12(10-23-17)8-18(20(27)28)24-16-4-2-1-3-11(16)7-15(22)19(25)26/h1-6,9-10,15,18,23-24H,7-8,22H2,(H,25,26)(H,27,28)/t15-,18-/m0/s1. The number of H-pyrrole nitrogens is 1. The van der Waals surface area contributed by atoms with Crippen molar-refractivity contribution >= 4 is 28.5 Å². The number of aliphatic carboxylic acids is 2. The maximum Gasteiger partial charge on any atom is 0.326 e. The van der Waals surface area contributed by atoms with Crippen LogP contribution in [0, 0.1) is 5.82 Å². The van der Waals surface area contributed by atoms with E-state index in [0.29, 0.717) is 27.7 Å². The number of benzene rings is 2. The van der Waals surface area contributed by atoms with Gasteiger partial charge in [0.05, 0.1) is 0 Å². The zero-order chi connectivity index (χ0) is 20.3. The van der Waals surface area contributed by atoms with E-state index < -0.39 is 29.8 Å². The van der Waals surface area contributed by atoms with Gasteiger partial charge in [-0.25, -0.2) is 9.18 Å². The van der Waals surface area contributed by atoms with E-state index in [-0.39, 0.29) is 12.8 Å². The van der Waals surface area contributed by atoms with Gasteiger partial charge in [0, 0.05) is 35.6 Å². The molecule has 7 nitrogen and oxygen atoms in total. The number of nitrogens with two attached hydrogens (primary N) is 1. The van der Waals surface area contributed by atoms with Crippen molar-refractivity contribution in [3.8, 4) is 0 Å². The number of anilines is 1. The molecule has 3 rings (SSSR count). The molecule has 0 aliphatic heterocycles. The molecule has 28 heavy (non-hydrogen) atoms. The fraction of sp³-hybridized carbons (Fsp3) is 0.200. The molecule has 2 atom stereocenters. The molecular formula is C20H20FN3O4. The van der Waals surface area contributed by atoms with E-state index in [1.807, 2.05) is 0 Å². The zero-order valence-corrected chi connectivity index (χ0v) is 14.9. The first-order valence-corrected chi connectivity index (χ1v) is 8.66. The van der Waals surface area contributed by atoms with Crippen LogP contribution in [-0.2, 0) is 22.4 Å². The highest BCUT2D eigenvalue weighted by Gasteiger charge is 2.22. The number of halogens is 1. The highest BCUT2D eigenvalue weighted by Crippen LogP contribution is 2.23. The summed E-state index contributed by atoms with van der Waals surface area (Å²) in [5.41, 5.74) is 8.09. The molecule has 0 spiro atoms. The Kier molecular flexibility index (Phi) is 5.60. The first-order valence-electron chi connectivity index (χ1n) is 8.66. The summed E-state index contributed by atoms with van der Waals surface area (Å²) in [6, 6.07) is 9.02. The monoisotopic (exact) mass is 385 g/mol. The average molecular weight is 385 g/mol. The van der Waals surface area contributed by atoms with Crippen molar-refractivity contribution in [2.45, 2.75) is 24.9 Å². The summed E-state index contributed by atoms with van der Waals surface area (Å²) in [6.45, 7) is 0. The van der Waals surface area contributed by atoms with Crippen molar-refractivity contribution in [3.05, 3.63) is 65.6 Å². The molecule has 0 aliphatic rings. The molecule has 0 aliphatic carbocycles. The van der Waals surface area contributed by atoms with Gasteiger partial charge in [-0.1, -0.05) is 18.2 Å². The maximum atomic E-state index is 13.6. The Morgan fingerprint density at radius 2 is 1.82 bits per heavy atom. The van der Waals surface area contributed by atoms with Crippen LogP contribution in [0.2, 0.25) is 0 Å². The largest absolute Gasteiger partial charge is 0.480 e. The van der Waals surface area contributed by atoms with Crippen molar-refractivity contribution < 1.29 is 24.2 Å². The first kappa shape index (κ1) is 19.4. The van der Waals surface area contributed by atoms with Crippen LogP contribution in [0.15, 0.2) is 48.7 Å². The summed E-state index contributed by atoms with van der Waals surface area (Å²) in [6.07, 6.45) is 1.83. The molecule has 146 valence electrons. The maximum absolute atomic E-state index is 13.6. The van der Waals surface area contributed by atoms with Crippen molar-refractivity contribution in [2.75, 3.05) is 5.32 Å². The summed E-state index contributed by atoms with van der Waals surface area (Å²) < 4.78 is 13.6. The number of carboxylic acid groups (broad SMARTS) is 2. The van der Waals surface area contributed by atoms with E-state index in [1.165, 1.54) is 12.1 Å². The fourth-order valence-electron chi connectivity index (χ4n) is 3.09. The number of carbonyl (C=O) groups is 2. The Bertz CT molecular complexity index is 1020. The Balaban J connectivity index is 1.85. The molecule has 0 fully saturated rings. The van der Waals surface area contributed by atoms with Gasteiger partial charge in [0.15, 0.2) is 0 Å². The van der Waals surface area contributed by atoms with Gasteiger partial charge in [0.25, 0.3) is 0 Å². The third kappa shape index (κ3) is 4.29. The third-order valence-corrected chi connectivity index (χ3v) is 4.56. The van der Waals surface area contributed by atoms with Crippen molar-refractivity contribution in [1.82, 2.24) is 4.98 Å². The Labute approximate surface area is 160 Å². The Morgan fingerprint density at radius 3 is 2.54 bits per heavy atom. The second-order valence-corrected chi connectivity index (χ2v) is 6.55. The Hall–Kier alpha value is -3.39. The molecule has 3 aromatic rings. The number of hydrogen-bond acceptors (Lipinski definition) is 4. The van der Waals surface area contributed by atoms with Crippen LogP contribution in [0.25, 0.3) is 10.9 Å². The lowest BCUT2D eigenvalue weighted by atomic mass is 10.0. The number of aromatic amines is 1. The second-order valence-electron chi connectivity index (χ2n) is 6.55. The number of aromatic nitrogens is 1. The number of para-hydroxylation sites is 1. The molecule has 0 unspecified atom stereocenters. The molecule has 0 radical (unpaired) electrons. The lowest BCUT2D eigenvalue weighted by Gasteiger charge is -2.19. The first-order chi connectivity index (χ1) is 13.3. The van der Waals surface area contributed by atoms with Crippen molar-refractivity contribution in [3.63, 3.8) is 0 Å². The number of fused-ring (bicyclic) bond motifs is 1. The van der Waals surface area contributed by atoms with Crippen LogP contribution in [0.3, 0.4) is 0 Å². The second kappa shape index (κ2) is 8.10. The van der Waals surface area contributed by atoms with E-state index in [9.17, 15) is 19.1 Å². The van der Waals surface area contributed by atoms with E-state index in [1.54, 1.807) is 36.5 Å². The molecule has 0 saturated heterocycles. The fourth-order valence-corrected chi connectivity index (χ4v) is 3.09. The molecule has 6 N–H and O–H groups in total. The number of rotatable bonds is 8. The summed E-state index contributed by atoms with van der Waals surface area (Å²) in [7, 11) is 0. The normalized spacial score (nSPS) is 13.2. The summed E-state index contributed by atoms with van der Waals surface area (Å²) >= 11 is 0. The van der Waals surface area contributed by atoms with Gasteiger partial charge < -0.3 is 26.2 Å². The summed E-state index contributed by atoms with van der Waals surface area (Å²) in [5, 5.41) is 22.3. The highest BCUT2D eigenvalue weighted by atomic mass is 19.1. The number of hydrogen-bond donors (Lipinski definition) is 5. The topological polar surface area (TPSA) is 128 Å². The van der Waals surface area contributed by atoms with Crippen LogP contribution >= 0.6 is 0 Å². The molecule has 0 amide bonds. The molecule has 8 heteroatoms. The minimum absolute atomic E-state index is 0.0587. The van der Waals surface area contributed by atoms with E-state index in [4.69, 9.17) is 10.8 Å². The summed E-state index contributed by atoms with van der Waals surface area (Å²) in [4.78, 5) is 25.8. The van der Waals surface area contributed by atoms with Crippen LogP contribution in [0.5, 0.6) is 0 Å². The predicted molar refractivity (Wildman–Crippen MR) is 103 cm³/mol. The van der Waals surface area contributed by atoms with Gasteiger partial charge in [-0.15, -0.1) is 0 Å². The molecule has 0 bridgehead atoms. The Morgan fingerprint density at radius 1 is 1.07 bits per heavy atom. The summed E-state index contributed by atoms with van der Waals surface area (Å²) in [5.74, 6) is -2.62. The molecule has 2 aromatic carbocycles. The molecule has 1 heterocycles. The predicted octanol–water partition coefficient (Wildman–Crippen LogP) is 2.37. The van der Waals surface area contributed by atoms with Crippen LogP contribution in [-0.4, -0.2) is 39.2 Å². The van der Waals surface area contributed by atoms with Gasteiger partial charge in [0.2, 0.25) is 0 Å². The third-order valence-electron chi connectivity index (χ3n) is 4.56. The van der Waals surface area contributed by atoms with Gasteiger partial charge in [-0.2, -0.15) is 0 Å². The van der Waals surface area contributed by atoms with Crippen LogP contribution in [0.4, 0.5) is 10.1 Å². The minimum atomic E-state index is -1.13. The SMILES string of the molecule is N[C@@H](Cc1ccccc1N[C@@H](Cc1c[nH]c2ccc(F)cc12)C(=O)O)C(=O)O. The van der Waals surface area contributed by atoms with E-state index in [2.05, 4.69) is 10.3 Å². The van der Waals surface area contributed by atoms with Gasteiger partial charge in [-0.3, -0.25) is 4.79 Å². The van der Waals surface area contributed by atoms with Gasteiger partial charge >= 0.3 is 11.9 Å². The molecule has 0 saturated carbocycles. The van der Waals surface area contributed by atoms with Crippen molar-refractivity contribution in [1.29, 1.82) is 0 Å². The lowest BCUT2D eigenvalue weighted by molar-refractivity contribution is -0.139. The van der Waals surface area contributed by atoms with Gasteiger partial charge in [-0.05, 0) is 35.4 Å². The number of carboxylic acids is 2. The average Bonchev–Trinajstić information content (AvgIpc) is 3.04. The van der Waals surface area contributed by atoms with Crippen LogP contribution < -0.4 is 11.1 Å². The lowest BCUT2D eigenvalue weighted by Crippen LogP contribution is -2.34. The zero-order valence-electron chi connectivity index (χ0n) is 14.9. The van der Waals surface area contributed by atoms with Gasteiger partial charge in [0.1, 0.15) is 17.9 Å². The minimum Gasteiger partial charge on any atom is -0.480 e. The smallest absolute Gasteiger partial charge is 0.326 e. The van der Waals surface area contributed by atoms with Crippen LogP contribution in [0.1, 0.15) is 11.1 Å². The quantitative estimate of drug-likeness (QED) is 0.405. The van der Waals surface area contributed by atoms with E-state index in [0.717, 1.165) is 0 Å². The molecular weight excluding hydrogens is 365 g/mol. The van der Waals surface area contributed by atoms with E-state index >= 15 is 0 Å².